The van der Waals surface area contributed by atoms with Crippen LogP contribution in [0.5, 0.6) is 0 Å². The van der Waals surface area contributed by atoms with E-state index in [4.69, 9.17) is 13.4 Å². The van der Waals surface area contributed by atoms with E-state index in [-0.39, 0.29) is 40.8 Å². The Kier molecular flexibility index (Phi) is 10.5. The minimum Gasteiger partial charge on any atom is -0.448 e. The van der Waals surface area contributed by atoms with Crippen LogP contribution in [0.15, 0.2) is 99.1 Å². The average molecular weight is 725 g/mol. The molecule has 53 heavy (non-hydrogen) atoms. The van der Waals surface area contributed by atoms with Crippen molar-refractivity contribution >= 4 is 11.8 Å². The summed E-state index contributed by atoms with van der Waals surface area (Å²) in [6.07, 6.45) is 10.4. The highest BCUT2D eigenvalue weighted by molar-refractivity contribution is 5.95. The van der Waals surface area contributed by atoms with Crippen LogP contribution in [-0.2, 0) is 0 Å². The molecule has 11 nitrogen and oxygen atoms in total. The minimum absolute atomic E-state index is 0.0186. The first-order valence-electron chi connectivity index (χ1n) is 17.3. The molecule has 14 heteroatoms. The predicted molar refractivity (Wildman–Crippen MR) is 185 cm³/mol. The molecule has 0 N–H and O–H groups in total. The summed E-state index contributed by atoms with van der Waals surface area (Å²) >= 11 is 0. The number of amides is 2. The Morgan fingerprint density at radius 2 is 1.21 bits per heavy atom. The van der Waals surface area contributed by atoms with Gasteiger partial charge in [0.25, 0.3) is 11.8 Å². The van der Waals surface area contributed by atoms with Gasteiger partial charge in [0, 0.05) is 43.5 Å². The van der Waals surface area contributed by atoms with E-state index < -0.39 is 5.82 Å². The Morgan fingerprint density at radius 1 is 0.698 bits per heavy atom. The lowest BCUT2D eigenvalue weighted by Gasteiger charge is -2.31. The van der Waals surface area contributed by atoms with Crippen LogP contribution >= 0.6 is 0 Å². The lowest BCUT2D eigenvalue weighted by Crippen LogP contribution is -2.39. The number of benzene rings is 2. The quantitative estimate of drug-likeness (QED) is 0.169. The first kappa shape index (κ1) is 35.4. The molecular formula is C39H35F3N6O5. The molecule has 2 aliphatic heterocycles. The van der Waals surface area contributed by atoms with E-state index >= 15 is 0 Å². The third-order valence-electron chi connectivity index (χ3n) is 9.42. The molecule has 0 aliphatic carbocycles. The van der Waals surface area contributed by atoms with Crippen molar-refractivity contribution in [3.05, 3.63) is 132 Å². The van der Waals surface area contributed by atoms with Gasteiger partial charge in [-0.1, -0.05) is 5.16 Å². The molecule has 0 unspecified atom stereocenters. The van der Waals surface area contributed by atoms with Crippen LogP contribution in [0.1, 0.15) is 75.8 Å². The number of oxazole rings is 2. The fourth-order valence-electron chi connectivity index (χ4n) is 6.58. The zero-order chi connectivity index (χ0) is 36.9. The molecule has 0 spiro atoms. The molecule has 2 fully saturated rings. The van der Waals surface area contributed by atoms with Crippen LogP contribution in [0.3, 0.4) is 0 Å². The number of aromatic nitrogens is 4. The fraction of sp³-hybridized carbons (Fsp3) is 0.282. The zero-order valence-corrected chi connectivity index (χ0v) is 28.8. The smallest absolute Gasteiger partial charge is 0.259 e. The molecule has 4 aromatic heterocycles. The van der Waals surface area contributed by atoms with E-state index in [1.54, 1.807) is 47.3 Å². The van der Waals surface area contributed by atoms with Gasteiger partial charge in [-0.05, 0) is 87.2 Å². The van der Waals surface area contributed by atoms with Crippen molar-refractivity contribution in [3.8, 4) is 22.5 Å². The number of nitrogens with zero attached hydrogens (tertiary/aromatic N) is 6. The van der Waals surface area contributed by atoms with E-state index in [1.165, 1.54) is 49.0 Å². The Labute approximate surface area is 302 Å². The number of hydrogen-bond donors (Lipinski definition) is 0. The normalized spacial score (nSPS) is 17.3. The molecular weight excluding hydrogens is 689 g/mol. The Balaban J connectivity index is 0.000000164. The highest BCUT2D eigenvalue weighted by Crippen LogP contribution is 2.31. The molecule has 2 amide bonds. The zero-order valence-electron chi connectivity index (χ0n) is 28.8. The van der Waals surface area contributed by atoms with Crippen LogP contribution in [0.2, 0.25) is 0 Å². The van der Waals surface area contributed by atoms with Crippen molar-refractivity contribution in [2.75, 3.05) is 26.2 Å². The SMILES string of the molecule is Cc1oncc1C(=O)N1CCC[C@H](c2nc(-c3ccc(F)cc3)co2)C1.O=C(c1ccncc1F)N1CCC[C@H](c2nc(-c3ccc(F)cc3)co2)C1. The average Bonchev–Trinajstić information content (AvgIpc) is 3.98. The van der Waals surface area contributed by atoms with Crippen LogP contribution in [0, 0.1) is 24.4 Å². The molecule has 272 valence electrons. The van der Waals surface area contributed by atoms with Crippen LogP contribution in [0.4, 0.5) is 13.2 Å². The fourth-order valence-corrected chi connectivity index (χ4v) is 6.58. The topological polar surface area (TPSA) is 132 Å². The van der Waals surface area contributed by atoms with Crippen molar-refractivity contribution in [2.45, 2.75) is 44.4 Å². The second-order valence-electron chi connectivity index (χ2n) is 13.0. The first-order valence-corrected chi connectivity index (χ1v) is 17.3. The molecule has 6 heterocycles. The number of likely N-dealkylation sites (tertiary alicyclic amines) is 2. The summed E-state index contributed by atoms with van der Waals surface area (Å²) in [4.78, 5) is 41.4. The van der Waals surface area contributed by atoms with E-state index in [1.807, 2.05) is 0 Å². The molecule has 2 saturated heterocycles. The second kappa shape index (κ2) is 15.7. The monoisotopic (exact) mass is 724 g/mol. The third-order valence-corrected chi connectivity index (χ3v) is 9.42. The van der Waals surface area contributed by atoms with Crippen LogP contribution in [-0.4, -0.2) is 67.9 Å². The van der Waals surface area contributed by atoms with Gasteiger partial charge in [-0.2, -0.15) is 0 Å². The summed E-state index contributed by atoms with van der Waals surface area (Å²) in [5, 5.41) is 3.68. The number of hydrogen-bond acceptors (Lipinski definition) is 9. The molecule has 2 atom stereocenters. The van der Waals surface area contributed by atoms with Gasteiger partial charge in [-0.15, -0.1) is 0 Å². The number of carbonyl (C=O) groups excluding carboxylic acids is 2. The van der Waals surface area contributed by atoms with Crippen LogP contribution in [0.25, 0.3) is 22.5 Å². The third kappa shape index (κ3) is 8.06. The van der Waals surface area contributed by atoms with Gasteiger partial charge >= 0.3 is 0 Å². The van der Waals surface area contributed by atoms with Crippen molar-refractivity contribution in [1.82, 2.24) is 29.9 Å². The summed E-state index contributed by atoms with van der Waals surface area (Å²) < 4.78 is 56.3. The summed E-state index contributed by atoms with van der Waals surface area (Å²) in [6.45, 7) is 3.91. The van der Waals surface area contributed by atoms with Crippen molar-refractivity contribution < 1.29 is 36.1 Å². The summed E-state index contributed by atoms with van der Waals surface area (Å²) in [5.41, 5.74) is 3.35. The van der Waals surface area contributed by atoms with Gasteiger partial charge in [0.1, 0.15) is 46.9 Å². The van der Waals surface area contributed by atoms with Gasteiger partial charge in [-0.25, -0.2) is 23.1 Å². The summed E-state index contributed by atoms with van der Waals surface area (Å²) in [6, 6.07) is 13.5. The van der Waals surface area contributed by atoms with E-state index in [0.717, 1.165) is 43.0 Å². The Morgan fingerprint density at radius 3 is 1.68 bits per heavy atom. The number of rotatable bonds is 6. The first-order chi connectivity index (χ1) is 25.7. The van der Waals surface area contributed by atoms with E-state index in [0.29, 0.717) is 60.7 Å². The lowest BCUT2D eigenvalue weighted by atomic mass is 9.97. The van der Waals surface area contributed by atoms with Gasteiger partial charge in [-0.3, -0.25) is 14.6 Å². The highest BCUT2D eigenvalue weighted by atomic mass is 19.1. The van der Waals surface area contributed by atoms with Crippen LogP contribution < -0.4 is 0 Å². The number of piperidine rings is 2. The molecule has 0 bridgehead atoms. The number of aryl methyl sites for hydroxylation is 1. The molecule has 8 rings (SSSR count). The highest BCUT2D eigenvalue weighted by Gasteiger charge is 2.31. The van der Waals surface area contributed by atoms with Gasteiger partial charge in [0.05, 0.1) is 29.8 Å². The minimum atomic E-state index is -0.626. The van der Waals surface area contributed by atoms with Gasteiger partial charge in [0.2, 0.25) is 0 Å². The molecule has 2 aromatic carbocycles. The molecule has 0 saturated carbocycles. The number of halogens is 3. The van der Waals surface area contributed by atoms with E-state index in [9.17, 15) is 22.8 Å². The number of carbonyl (C=O) groups is 2. The maximum atomic E-state index is 13.9. The van der Waals surface area contributed by atoms with Crippen molar-refractivity contribution in [3.63, 3.8) is 0 Å². The summed E-state index contributed by atoms with van der Waals surface area (Å²) in [5.74, 6) is -0.0557. The second-order valence-corrected chi connectivity index (χ2v) is 13.0. The van der Waals surface area contributed by atoms with Gasteiger partial charge in [0.15, 0.2) is 17.6 Å². The standard InChI is InChI=1S/C20H17F2N3O2.C19H18FN3O3/c21-15-5-3-13(4-6-15)18-12-27-19(24-18)14-2-1-9-25(11-14)20(26)16-7-8-23-10-17(16)22;1-12-16(9-21-26-12)19(24)23-8-2-3-14(10-23)18-22-17(11-25-18)13-4-6-15(20)7-5-13/h3-8,10,12,14H,1-2,9,11H2;4-7,9,11,14H,2-3,8,10H2,1H3/t2*14-/m00/s1. The Bertz CT molecular complexity index is 2180. The summed E-state index contributed by atoms with van der Waals surface area (Å²) in [7, 11) is 0. The van der Waals surface area contributed by atoms with Gasteiger partial charge < -0.3 is 23.2 Å². The number of pyridine rings is 1. The van der Waals surface area contributed by atoms with Crippen molar-refractivity contribution in [1.29, 1.82) is 0 Å². The molecule has 2 aliphatic rings. The Hall–Kier alpha value is -6.05. The maximum absolute atomic E-state index is 13.9. The predicted octanol–water partition coefficient (Wildman–Crippen LogP) is 7.83. The molecule has 0 radical (unpaired) electrons. The van der Waals surface area contributed by atoms with E-state index in [2.05, 4.69) is 20.1 Å². The maximum Gasteiger partial charge on any atom is 0.259 e. The lowest BCUT2D eigenvalue weighted by molar-refractivity contribution is 0.0687. The molecule has 6 aromatic rings. The largest absolute Gasteiger partial charge is 0.448 e. The van der Waals surface area contributed by atoms with Crippen molar-refractivity contribution in [2.24, 2.45) is 0 Å².